The average Bonchev–Trinajstić information content (AvgIpc) is 3.53. The number of aromatic nitrogens is 4. The number of imidazole rings is 1. The Bertz CT molecular complexity index is 2070. The van der Waals surface area contributed by atoms with Crippen molar-refractivity contribution in [2.75, 3.05) is 0 Å². The lowest BCUT2D eigenvalue weighted by atomic mass is 10.1. The van der Waals surface area contributed by atoms with Gasteiger partial charge in [0.25, 0.3) is 0 Å². The van der Waals surface area contributed by atoms with Crippen LogP contribution in [0.1, 0.15) is 0 Å². The van der Waals surface area contributed by atoms with Crippen molar-refractivity contribution in [2.45, 2.75) is 0 Å². The number of pyridine rings is 1. The van der Waals surface area contributed by atoms with E-state index in [-0.39, 0.29) is 0 Å². The smallest absolute Gasteiger partial charge is 0.145 e. The molecule has 4 nitrogen and oxygen atoms in total. The molecule has 4 heteroatoms. The van der Waals surface area contributed by atoms with Gasteiger partial charge in [-0.25, -0.2) is 4.98 Å². The van der Waals surface area contributed by atoms with Crippen molar-refractivity contribution in [2.24, 2.45) is 0 Å². The number of hydrogen-bond donors (Lipinski definition) is 0. The third-order valence-electron chi connectivity index (χ3n) is 7.39. The van der Waals surface area contributed by atoms with Crippen LogP contribution in [-0.4, -0.2) is 19.1 Å². The van der Waals surface area contributed by atoms with E-state index in [2.05, 4.69) is 129 Å². The summed E-state index contributed by atoms with van der Waals surface area (Å²) < 4.78 is 4.60. The third-order valence-corrected chi connectivity index (χ3v) is 7.39. The zero-order valence-corrected chi connectivity index (χ0v) is 20.5. The van der Waals surface area contributed by atoms with Gasteiger partial charge in [-0.3, -0.25) is 9.55 Å². The number of nitrogens with zero attached hydrogens (tertiary/aromatic N) is 4. The largest absolute Gasteiger partial charge is 0.309 e. The first-order valence-corrected chi connectivity index (χ1v) is 12.8. The van der Waals surface area contributed by atoms with Crippen LogP contribution in [0, 0.1) is 0 Å². The van der Waals surface area contributed by atoms with E-state index in [0.29, 0.717) is 0 Å². The fourth-order valence-electron chi connectivity index (χ4n) is 5.71. The fourth-order valence-corrected chi connectivity index (χ4v) is 5.71. The summed E-state index contributed by atoms with van der Waals surface area (Å²) in [4.78, 5) is 9.68. The summed E-state index contributed by atoms with van der Waals surface area (Å²) in [5, 5.41) is 3.62. The molecule has 0 fully saturated rings. The maximum Gasteiger partial charge on any atom is 0.145 e. The van der Waals surface area contributed by atoms with E-state index < -0.39 is 0 Å². The molecule has 5 aromatic carbocycles. The zero-order chi connectivity index (χ0) is 25.1. The lowest BCUT2D eigenvalue weighted by Crippen LogP contribution is -1.99. The standard InChI is InChI=1S/C34H22N4/c1-4-14-30-25(9-1)26-10-2-5-15-31(26)37(30)24-20-18-23(19-21-24)34-36-29-12-3-6-16-33(29)38(34)32-17-7-13-28-27(32)11-8-22-35-28/h1-22H. The van der Waals surface area contributed by atoms with Crippen LogP contribution >= 0.6 is 0 Å². The van der Waals surface area contributed by atoms with Crippen molar-refractivity contribution in [1.29, 1.82) is 0 Å². The topological polar surface area (TPSA) is 35.6 Å². The minimum atomic E-state index is 0.913. The normalized spacial score (nSPS) is 11.7. The molecular formula is C34H22N4. The summed E-state index contributed by atoms with van der Waals surface area (Å²) in [7, 11) is 0. The molecule has 0 saturated carbocycles. The van der Waals surface area contributed by atoms with Gasteiger partial charge in [-0.15, -0.1) is 0 Å². The summed E-state index contributed by atoms with van der Waals surface area (Å²) in [5.74, 6) is 0.913. The van der Waals surface area contributed by atoms with E-state index in [9.17, 15) is 0 Å². The minimum absolute atomic E-state index is 0.913. The van der Waals surface area contributed by atoms with E-state index in [1.807, 2.05) is 18.3 Å². The predicted molar refractivity (Wildman–Crippen MR) is 156 cm³/mol. The monoisotopic (exact) mass is 486 g/mol. The van der Waals surface area contributed by atoms with Gasteiger partial charge in [0.05, 0.1) is 33.3 Å². The Morgan fingerprint density at radius 1 is 0.447 bits per heavy atom. The van der Waals surface area contributed by atoms with Crippen molar-refractivity contribution in [1.82, 2.24) is 19.1 Å². The second-order valence-corrected chi connectivity index (χ2v) is 9.52. The van der Waals surface area contributed by atoms with E-state index in [0.717, 1.165) is 44.7 Å². The Kier molecular flexibility index (Phi) is 4.49. The van der Waals surface area contributed by atoms with E-state index >= 15 is 0 Å². The second kappa shape index (κ2) is 8.15. The number of rotatable bonds is 3. The molecule has 8 aromatic rings. The maximum absolute atomic E-state index is 5.09. The van der Waals surface area contributed by atoms with Gasteiger partial charge >= 0.3 is 0 Å². The second-order valence-electron chi connectivity index (χ2n) is 9.52. The molecule has 3 aromatic heterocycles. The number of hydrogen-bond acceptors (Lipinski definition) is 2. The summed E-state index contributed by atoms with van der Waals surface area (Å²) in [5.41, 5.74) is 8.69. The minimum Gasteiger partial charge on any atom is -0.309 e. The highest BCUT2D eigenvalue weighted by atomic mass is 15.1. The molecule has 3 heterocycles. The average molecular weight is 487 g/mol. The molecule has 0 aliphatic carbocycles. The van der Waals surface area contributed by atoms with Gasteiger partial charge in [0.1, 0.15) is 5.82 Å². The first kappa shape index (κ1) is 20.9. The molecule has 0 radical (unpaired) electrons. The molecule has 0 bridgehead atoms. The molecule has 0 amide bonds. The van der Waals surface area contributed by atoms with E-state index in [1.54, 1.807) is 0 Å². The van der Waals surface area contributed by atoms with Crippen molar-refractivity contribution in [3.63, 3.8) is 0 Å². The molecule has 178 valence electrons. The van der Waals surface area contributed by atoms with E-state index in [1.165, 1.54) is 21.8 Å². The van der Waals surface area contributed by atoms with Crippen LogP contribution in [0.15, 0.2) is 134 Å². The van der Waals surface area contributed by atoms with Gasteiger partial charge in [-0.05, 0) is 72.8 Å². The van der Waals surface area contributed by atoms with Crippen molar-refractivity contribution in [3.8, 4) is 22.8 Å². The van der Waals surface area contributed by atoms with Crippen LogP contribution < -0.4 is 0 Å². The molecule has 0 N–H and O–H groups in total. The van der Waals surface area contributed by atoms with Crippen LogP contribution in [0.5, 0.6) is 0 Å². The first-order valence-electron chi connectivity index (χ1n) is 12.8. The highest BCUT2D eigenvalue weighted by Gasteiger charge is 2.17. The van der Waals surface area contributed by atoms with Crippen molar-refractivity contribution in [3.05, 3.63) is 134 Å². The molecule has 8 rings (SSSR count). The quantitative estimate of drug-likeness (QED) is 0.252. The first-order chi connectivity index (χ1) is 18.9. The van der Waals surface area contributed by atoms with Gasteiger partial charge in [0.2, 0.25) is 0 Å². The SMILES string of the molecule is c1cc(-n2c(-c3ccc(-n4c5ccccc5c5ccccc54)cc3)nc3ccccc32)c2cccnc2c1. The number of fused-ring (bicyclic) bond motifs is 5. The molecule has 0 atom stereocenters. The van der Waals surface area contributed by atoms with Crippen LogP contribution in [-0.2, 0) is 0 Å². The molecule has 0 spiro atoms. The summed E-state index contributed by atoms with van der Waals surface area (Å²) >= 11 is 0. The molecule has 0 aliphatic heterocycles. The van der Waals surface area contributed by atoms with Crippen LogP contribution in [0.25, 0.3) is 66.5 Å². The Morgan fingerprint density at radius 3 is 1.84 bits per heavy atom. The third kappa shape index (κ3) is 3.04. The molecule has 38 heavy (non-hydrogen) atoms. The summed E-state index contributed by atoms with van der Waals surface area (Å²) in [6.07, 6.45) is 1.84. The molecule has 0 aliphatic rings. The summed E-state index contributed by atoms with van der Waals surface area (Å²) in [6, 6.07) is 44.7. The Labute approximate surface area is 219 Å². The molecular weight excluding hydrogens is 464 g/mol. The Morgan fingerprint density at radius 2 is 1.08 bits per heavy atom. The van der Waals surface area contributed by atoms with Crippen LogP contribution in [0.2, 0.25) is 0 Å². The van der Waals surface area contributed by atoms with Gasteiger partial charge in [0, 0.05) is 33.6 Å². The zero-order valence-electron chi connectivity index (χ0n) is 20.5. The van der Waals surface area contributed by atoms with Crippen molar-refractivity contribution >= 4 is 43.7 Å². The fraction of sp³-hybridized carbons (Fsp3) is 0. The van der Waals surface area contributed by atoms with Gasteiger partial charge in [0.15, 0.2) is 0 Å². The predicted octanol–water partition coefficient (Wildman–Crippen LogP) is 8.34. The van der Waals surface area contributed by atoms with Gasteiger partial charge in [-0.2, -0.15) is 0 Å². The molecule has 0 saturated heterocycles. The maximum atomic E-state index is 5.09. The van der Waals surface area contributed by atoms with Crippen molar-refractivity contribution < 1.29 is 0 Å². The Hall–Kier alpha value is -5.22. The highest BCUT2D eigenvalue weighted by molar-refractivity contribution is 6.09. The highest BCUT2D eigenvalue weighted by Crippen LogP contribution is 2.34. The Balaban J connectivity index is 1.34. The number of para-hydroxylation sites is 4. The lowest BCUT2D eigenvalue weighted by Gasteiger charge is -2.13. The van der Waals surface area contributed by atoms with Gasteiger partial charge in [-0.1, -0.05) is 54.6 Å². The lowest BCUT2D eigenvalue weighted by molar-refractivity contribution is 1.11. The van der Waals surface area contributed by atoms with Crippen LogP contribution in [0.4, 0.5) is 0 Å². The van der Waals surface area contributed by atoms with E-state index in [4.69, 9.17) is 4.98 Å². The van der Waals surface area contributed by atoms with Crippen LogP contribution in [0.3, 0.4) is 0 Å². The summed E-state index contributed by atoms with van der Waals surface area (Å²) in [6.45, 7) is 0. The molecule has 0 unspecified atom stereocenters. The number of benzene rings is 5. The van der Waals surface area contributed by atoms with Gasteiger partial charge < -0.3 is 4.57 Å².